The second-order valence-corrected chi connectivity index (χ2v) is 6.76. The molecule has 0 aliphatic heterocycles. The molecule has 0 bridgehead atoms. The second-order valence-electron chi connectivity index (χ2n) is 5.84. The van der Waals surface area contributed by atoms with Gasteiger partial charge in [0.05, 0.1) is 11.4 Å². The lowest BCUT2D eigenvalue weighted by Gasteiger charge is -2.10. The van der Waals surface area contributed by atoms with E-state index in [0.29, 0.717) is 23.4 Å². The summed E-state index contributed by atoms with van der Waals surface area (Å²) in [5.41, 5.74) is 3.40. The van der Waals surface area contributed by atoms with E-state index < -0.39 is 0 Å². The van der Waals surface area contributed by atoms with Crippen molar-refractivity contribution in [1.82, 2.24) is 4.98 Å². The highest BCUT2D eigenvalue weighted by molar-refractivity contribution is 9.10. The Balaban J connectivity index is 1.78. The van der Waals surface area contributed by atoms with E-state index in [1.54, 1.807) is 31.3 Å². The normalized spacial score (nSPS) is 10.3. The number of hydrogen-bond acceptors (Lipinski definition) is 3. The molecule has 2 N–H and O–H groups in total. The van der Waals surface area contributed by atoms with Crippen LogP contribution in [0.25, 0.3) is 11.3 Å². The fourth-order valence-electron chi connectivity index (χ4n) is 2.49. The smallest absolute Gasteiger partial charge is 0.255 e. The molecule has 0 spiro atoms. The predicted octanol–water partition coefficient (Wildman–Crippen LogP) is 5.11. The lowest BCUT2D eigenvalue weighted by molar-refractivity contribution is -0.115. The molecule has 3 rings (SSSR count). The zero-order valence-corrected chi connectivity index (χ0v) is 16.3. The van der Waals surface area contributed by atoms with Crippen molar-refractivity contribution in [2.45, 2.75) is 13.3 Å². The molecule has 0 aliphatic carbocycles. The molecule has 27 heavy (non-hydrogen) atoms. The third-order valence-corrected chi connectivity index (χ3v) is 4.45. The van der Waals surface area contributed by atoms with E-state index in [1.807, 2.05) is 42.5 Å². The van der Waals surface area contributed by atoms with E-state index in [4.69, 9.17) is 0 Å². The van der Waals surface area contributed by atoms with Gasteiger partial charge in [0.1, 0.15) is 0 Å². The highest BCUT2D eigenvalue weighted by atomic mass is 79.9. The third-order valence-electron chi connectivity index (χ3n) is 3.93. The number of rotatable bonds is 5. The molecule has 1 aromatic heterocycles. The van der Waals surface area contributed by atoms with Crippen LogP contribution in [0.4, 0.5) is 11.4 Å². The molecule has 3 aromatic rings. The summed E-state index contributed by atoms with van der Waals surface area (Å²) in [6.07, 6.45) is 2.06. The largest absolute Gasteiger partial charge is 0.324 e. The summed E-state index contributed by atoms with van der Waals surface area (Å²) in [5, 5.41) is 5.71. The Hall–Kier alpha value is -2.99. The van der Waals surface area contributed by atoms with Gasteiger partial charge in [-0.15, -0.1) is 0 Å². The number of carbonyl (C=O) groups excluding carboxylic acids is 2. The molecule has 0 saturated heterocycles. The van der Waals surface area contributed by atoms with Crippen molar-refractivity contribution in [3.8, 4) is 11.3 Å². The van der Waals surface area contributed by atoms with E-state index >= 15 is 0 Å². The monoisotopic (exact) mass is 423 g/mol. The van der Waals surface area contributed by atoms with Gasteiger partial charge in [0, 0.05) is 33.9 Å². The van der Waals surface area contributed by atoms with Crippen LogP contribution in [-0.2, 0) is 4.79 Å². The summed E-state index contributed by atoms with van der Waals surface area (Å²) in [6.45, 7) is 1.80. The van der Waals surface area contributed by atoms with Crippen LogP contribution in [0.1, 0.15) is 23.7 Å². The minimum Gasteiger partial charge on any atom is -0.324 e. The molecular formula is C21H18BrN3O2. The highest BCUT2D eigenvalue weighted by Gasteiger charge is 2.11. The number of aromatic nitrogens is 1. The zero-order valence-electron chi connectivity index (χ0n) is 14.7. The Morgan fingerprint density at radius 1 is 0.963 bits per heavy atom. The maximum atomic E-state index is 12.4. The van der Waals surface area contributed by atoms with Crippen LogP contribution >= 0.6 is 15.9 Å². The van der Waals surface area contributed by atoms with Gasteiger partial charge in [-0.1, -0.05) is 35.0 Å². The van der Waals surface area contributed by atoms with Gasteiger partial charge in [0.15, 0.2) is 0 Å². The first-order valence-corrected chi connectivity index (χ1v) is 9.28. The number of anilines is 2. The predicted molar refractivity (Wildman–Crippen MR) is 111 cm³/mol. The fraction of sp³-hybridized carbons (Fsp3) is 0.0952. The Kier molecular flexibility index (Phi) is 5.98. The van der Waals surface area contributed by atoms with Gasteiger partial charge in [-0.25, -0.2) is 0 Å². The van der Waals surface area contributed by atoms with Crippen LogP contribution in [0, 0.1) is 0 Å². The first-order chi connectivity index (χ1) is 13.1. The second kappa shape index (κ2) is 8.60. The third kappa shape index (κ3) is 4.80. The number of halogens is 1. The molecule has 1 heterocycles. The van der Waals surface area contributed by atoms with Crippen LogP contribution in [0.3, 0.4) is 0 Å². The standard InChI is InChI=1S/C21H18BrN3O2/c1-2-19(26)25-18-4-3-13-23-20(18)14-5-7-15(8-6-14)21(27)24-17-11-9-16(22)10-12-17/h3-13H,2H2,1H3,(H,24,27)(H,25,26). The number of hydrogen-bond donors (Lipinski definition) is 2. The lowest BCUT2D eigenvalue weighted by Crippen LogP contribution is -2.12. The summed E-state index contributed by atoms with van der Waals surface area (Å²) in [5.74, 6) is -0.265. The van der Waals surface area contributed by atoms with E-state index in [1.165, 1.54) is 0 Å². The van der Waals surface area contributed by atoms with Gasteiger partial charge < -0.3 is 10.6 Å². The number of benzene rings is 2. The molecule has 6 heteroatoms. The van der Waals surface area contributed by atoms with Crippen LogP contribution in [-0.4, -0.2) is 16.8 Å². The molecule has 0 atom stereocenters. The van der Waals surface area contributed by atoms with E-state index in [-0.39, 0.29) is 11.8 Å². The lowest BCUT2D eigenvalue weighted by atomic mass is 10.1. The number of nitrogens with one attached hydrogen (secondary N) is 2. The van der Waals surface area contributed by atoms with Gasteiger partial charge in [-0.05, 0) is 48.5 Å². The summed E-state index contributed by atoms with van der Waals surface area (Å²) in [4.78, 5) is 28.5. The number of carbonyl (C=O) groups is 2. The Morgan fingerprint density at radius 3 is 2.33 bits per heavy atom. The first-order valence-electron chi connectivity index (χ1n) is 8.49. The van der Waals surface area contributed by atoms with Crippen molar-refractivity contribution in [3.05, 3.63) is 76.9 Å². The van der Waals surface area contributed by atoms with Gasteiger partial charge in [0.2, 0.25) is 5.91 Å². The van der Waals surface area contributed by atoms with Crippen molar-refractivity contribution >= 4 is 39.1 Å². The van der Waals surface area contributed by atoms with Gasteiger partial charge in [0.25, 0.3) is 5.91 Å². The van der Waals surface area contributed by atoms with Gasteiger partial charge >= 0.3 is 0 Å². The number of amides is 2. The average molecular weight is 424 g/mol. The minimum absolute atomic E-state index is 0.0743. The molecule has 2 amide bonds. The van der Waals surface area contributed by atoms with Crippen LogP contribution in [0.15, 0.2) is 71.3 Å². The minimum atomic E-state index is -0.190. The SMILES string of the molecule is CCC(=O)Nc1cccnc1-c1ccc(C(=O)Nc2ccc(Br)cc2)cc1. The topological polar surface area (TPSA) is 71.1 Å². The molecule has 2 aromatic carbocycles. The van der Waals surface area contributed by atoms with Crippen molar-refractivity contribution in [1.29, 1.82) is 0 Å². The van der Waals surface area contributed by atoms with E-state index in [0.717, 1.165) is 15.7 Å². The van der Waals surface area contributed by atoms with E-state index in [9.17, 15) is 9.59 Å². The van der Waals surface area contributed by atoms with Crippen LogP contribution in [0.2, 0.25) is 0 Å². The maximum absolute atomic E-state index is 12.4. The van der Waals surface area contributed by atoms with Gasteiger partial charge in [-0.2, -0.15) is 0 Å². The Labute approximate surface area is 166 Å². The molecule has 0 fully saturated rings. The van der Waals surface area contributed by atoms with Crippen molar-refractivity contribution in [2.24, 2.45) is 0 Å². The summed E-state index contributed by atoms with van der Waals surface area (Å²) in [7, 11) is 0. The maximum Gasteiger partial charge on any atom is 0.255 e. The van der Waals surface area contributed by atoms with Crippen LogP contribution in [0.5, 0.6) is 0 Å². The quantitative estimate of drug-likeness (QED) is 0.598. The zero-order chi connectivity index (χ0) is 19.2. The fourth-order valence-corrected chi connectivity index (χ4v) is 2.76. The first kappa shape index (κ1) is 18.8. The van der Waals surface area contributed by atoms with Crippen LogP contribution < -0.4 is 10.6 Å². The molecule has 136 valence electrons. The molecule has 0 radical (unpaired) electrons. The summed E-state index contributed by atoms with van der Waals surface area (Å²) >= 11 is 3.37. The molecule has 0 saturated carbocycles. The number of nitrogens with zero attached hydrogens (tertiary/aromatic N) is 1. The molecule has 5 nitrogen and oxygen atoms in total. The molecule has 0 unspecified atom stereocenters. The highest BCUT2D eigenvalue weighted by Crippen LogP contribution is 2.26. The van der Waals surface area contributed by atoms with Gasteiger partial charge in [-0.3, -0.25) is 14.6 Å². The molecule has 0 aliphatic rings. The summed E-state index contributed by atoms with van der Waals surface area (Å²) in [6, 6.07) is 18.1. The van der Waals surface area contributed by atoms with Crippen molar-refractivity contribution in [3.63, 3.8) is 0 Å². The van der Waals surface area contributed by atoms with Crippen molar-refractivity contribution in [2.75, 3.05) is 10.6 Å². The van der Waals surface area contributed by atoms with E-state index in [2.05, 4.69) is 31.5 Å². The number of pyridine rings is 1. The Morgan fingerprint density at radius 2 is 1.67 bits per heavy atom. The average Bonchev–Trinajstić information content (AvgIpc) is 2.70. The Bertz CT molecular complexity index is 954. The van der Waals surface area contributed by atoms with Crippen molar-refractivity contribution < 1.29 is 9.59 Å². The summed E-state index contributed by atoms with van der Waals surface area (Å²) < 4.78 is 0.950. The molecular weight excluding hydrogens is 406 g/mol.